The van der Waals surface area contributed by atoms with Gasteiger partial charge in [0.25, 0.3) is 5.82 Å². The van der Waals surface area contributed by atoms with Gasteiger partial charge in [-0.25, -0.2) is 9.78 Å². The highest BCUT2D eigenvalue weighted by atomic mass is 16.6. The Labute approximate surface area is 92.1 Å². The number of hydrogen-bond acceptors (Lipinski definition) is 6. The normalized spacial score (nSPS) is 20.7. The van der Waals surface area contributed by atoms with Gasteiger partial charge in [-0.1, -0.05) is 0 Å². The fourth-order valence-electron chi connectivity index (χ4n) is 1.35. The zero-order chi connectivity index (χ0) is 11.4. The largest absolute Gasteiger partial charge is 0.460 e. The molecule has 1 aliphatic rings. The Hall–Kier alpha value is -1.47. The molecular weight excluding hydrogens is 214 g/mol. The lowest BCUT2D eigenvalue weighted by atomic mass is 10.3. The lowest BCUT2D eigenvalue weighted by Crippen LogP contribution is -2.22. The van der Waals surface area contributed by atoms with Crippen molar-refractivity contribution in [2.24, 2.45) is 0 Å². The number of nitrogens with zero attached hydrogens (tertiary/aromatic N) is 2. The highest BCUT2D eigenvalue weighted by molar-refractivity contribution is 5.84. The number of nitrogens with one attached hydrogen (secondary N) is 1. The third kappa shape index (κ3) is 2.37. The first kappa shape index (κ1) is 11.0. The van der Waals surface area contributed by atoms with Gasteiger partial charge in [-0.05, 0) is 6.92 Å². The Morgan fingerprint density at radius 1 is 1.62 bits per heavy atom. The Morgan fingerprint density at radius 3 is 3.19 bits per heavy atom. The zero-order valence-corrected chi connectivity index (χ0v) is 8.93. The predicted octanol–water partition coefficient (Wildman–Crippen LogP) is 0.0693. The molecule has 0 aliphatic carbocycles. The van der Waals surface area contributed by atoms with Gasteiger partial charge in [0, 0.05) is 0 Å². The molecule has 1 aliphatic heterocycles. The maximum atomic E-state index is 11.3. The van der Waals surface area contributed by atoms with Crippen molar-refractivity contribution in [3.63, 3.8) is 0 Å². The average Bonchev–Trinajstić information content (AvgIpc) is 2.80. The molecule has 1 saturated heterocycles. The standard InChI is InChI=1S/C9H13N3O4/c1-2-15-9(13)8-10-7(11-12-8)6-5-14-3-4-16-6/h6H,2-5H2,1H3,(H,10,11,12). The van der Waals surface area contributed by atoms with E-state index in [1.54, 1.807) is 6.92 Å². The molecule has 7 nitrogen and oxygen atoms in total. The Morgan fingerprint density at radius 2 is 2.50 bits per heavy atom. The van der Waals surface area contributed by atoms with Crippen molar-refractivity contribution in [3.8, 4) is 0 Å². The van der Waals surface area contributed by atoms with Gasteiger partial charge in [-0.3, -0.25) is 5.10 Å². The minimum Gasteiger partial charge on any atom is -0.460 e. The lowest BCUT2D eigenvalue weighted by molar-refractivity contribution is -0.0934. The number of hydrogen-bond donors (Lipinski definition) is 1. The number of esters is 1. The van der Waals surface area contributed by atoms with Crippen LogP contribution in [0.15, 0.2) is 0 Å². The molecule has 1 fully saturated rings. The highest BCUT2D eigenvalue weighted by Crippen LogP contribution is 2.16. The summed E-state index contributed by atoms with van der Waals surface area (Å²) in [5.41, 5.74) is 0. The first-order valence-corrected chi connectivity index (χ1v) is 5.10. The van der Waals surface area contributed by atoms with Crippen LogP contribution in [-0.4, -0.2) is 47.6 Å². The monoisotopic (exact) mass is 227 g/mol. The molecule has 1 unspecified atom stereocenters. The summed E-state index contributed by atoms with van der Waals surface area (Å²) in [6, 6.07) is 0. The van der Waals surface area contributed by atoms with E-state index in [1.165, 1.54) is 0 Å². The minimum absolute atomic E-state index is 0.0195. The molecule has 16 heavy (non-hydrogen) atoms. The van der Waals surface area contributed by atoms with E-state index in [2.05, 4.69) is 15.2 Å². The molecule has 1 aromatic rings. The summed E-state index contributed by atoms with van der Waals surface area (Å²) >= 11 is 0. The summed E-state index contributed by atoms with van der Waals surface area (Å²) in [5.74, 6) is -0.0319. The number of H-pyrrole nitrogens is 1. The van der Waals surface area contributed by atoms with E-state index >= 15 is 0 Å². The summed E-state index contributed by atoms with van der Waals surface area (Å²) < 4.78 is 15.4. The summed E-state index contributed by atoms with van der Waals surface area (Å²) in [6.45, 7) is 3.53. The Balaban J connectivity index is 2.03. The Bertz CT molecular complexity index is 359. The van der Waals surface area contributed by atoms with Crippen molar-refractivity contribution in [2.45, 2.75) is 13.0 Å². The van der Waals surface area contributed by atoms with E-state index < -0.39 is 5.97 Å². The van der Waals surface area contributed by atoms with E-state index in [0.717, 1.165) is 0 Å². The maximum absolute atomic E-state index is 11.3. The quantitative estimate of drug-likeness (QED) is 0.735. The number of aromatic nitrogens is 3. The van der Waals surface area contributed by atoms with Crippen molar-refractivity contribution < 1.29 is 19.0 Å². The highest BCUT2D eigenvalue weighted by Gasteiger charge is 2.22. The van der Waals surface area contributed by atoms with Crippen molar-refractivity contribution in [2.75, 3.05) is 26.4 Å². The Kier molecular flexibility index (Phi) is 3.47. The summed E-state index contributed by atoms with van der Waals surface area (Å²) in [7, 11) is 0. The van der Waals surface area contributed by atoms with Crippen LogP contribution in [0.2, 0.25) is 0 Å². The number of carbonyl (C=O) groups excluding carboxylic acids is 1. The molecule has 1 atom stereocenters. The summed E-state index contributed by atoms with van der Waals surface area (Å²) in [4.78, 5) is 15.3. The third-order valence-electron chi connectivity index (χ3n) is 2.08. The van der Waals surface area contributed by atoms with Gasteiger partial charge in [-0.15, -0.1) is 5.10 Å². The second-order valence-corrected chi connectivity index (χ2v) is 3.20. The van der Waals surface area contributed by atoms with Crippen molar-refractivity contribution in [1.82, 2.24) is 15.2 Å². The van der Waals surface area contributed by atoms with Crippen molar-refractivity contribution in [3.05, 3.63) is 11.6 Å². The van der Waals surface area contributed by atoms with Crippen LogP contribution in [0.5, 0.6) is 0 Å². The molecule has 88 valence electrons. The van der Waals surface area contributed by atoms with Crippen LogP contribution in [-0.2, 0) is 14.2 Å². The van der Waals surface area contributed by atoms with Gasteiger partial charge < -0.3 is 14.2 Å². The molecule has 7 heteroatoms. The second kappa shape index (κ2) is 5.04. The number of rotatable bonds is 3. The molecule has 0 aromatic carbocycles. The minimum atomic E-state index is -0.540. The van der Waals surface area contributed by atoms with Gasteiger partial charge in [0.1, 0.15) is 6.10 Å². The van der Waals surface area contributed by atoms with E-state index in [0.29, 0.717) is 32.3 Å². The van der Waals surface area contributed by atoms with Crippen LogP contribution in [0.1, 0.15) is 29.5 Å². The van der Waals surface area contributed by atoms with Crippen LogP contribution in [0.3, 0.4) is 0 Å². The molecule has 0 spiro atoms. The predicted molar refractivity (Wildman–Crippen MR) is 51.9 cm³/mol. The van der Waals surface area contributed by atoms with Crippen LogP contribution >= 0.6 is 0 Å². The van der Waals surface area contributed by atoms with Crippen LogP contribution in [0, 0.1) is 0 Å². The van der Waals surface area contributed by atoms with E-state index in [-0.39, 0.29) is 11.9 Å². The van der Waals surface area contributed by atoms with Crippen LogP contribution in [0.4, 0.5) is 0 Å². The smallest absolute Gasteiger partial charge is 0.378 e. The van der Waals surface area contributed by atoms with E-state index in [1.807, 2.05) is 0 Å². The van der Waals surface area contributed by atoms with Gasteiger partial charge in [-0.2, -0.15) is 0 Å². The van der Waals surface area contributed by atoms with E-state index in [9.17, 15) is 4.79 Å². The molecule has 0 amide bonds. The molecule has 1 aromatic heterocycles. The first-order valence-electron chi connectivity index (χ1n) is 5.10. The number of aromatic amines is 1. The van der Waals surface area contributed by atoms with Crippen molar-refractivity contribution in [1.29, 1.82) is 0 Å². The molecule has 1 N–H and O–H groups in total. The second-order valence-electron chi connectivity index (χ2n) is 3.20. The van der Waals surface area contributed by atoms with Gasteiger partial charge >= 0.3 is 5.97 Å². The third-order valence-corrected chi connectivity index (χ3v) is 2.08. The molecule has 0 radical (unpaired) electrons. The van der Waals surface area contributed by atoms with Gasteiger partial charge in [0.2, 0.25) is 0 Å². The van der Waals surface area contributed by atoms with Crippen LogP contribution < -0.4 is 0 Å². The van der Waals surface area contributed by atoms with Gasteiger partial charge in [0.05, 0.1) is 26.4 Å². The maximum Gasteiger partial charge on any atom is 0.378 e. The SMILES string of the molecule is CCOC(=O)c1n[nH]c(C2COCCO2)n1. The first-order chi connectivity index (χ1) is 7.81. The molecule has 2 heterocycles. The molecule has 0 bridgehead atoms. The summed E-state index contributed by atoms with van der Waals surface area (Å²) in [6.07, 6.45) is -0.288. The number of ether oxygens (including phenoxy) is 3. The molecular formula is C9H13N3O4. The van der Waals surface area contributed by atoms with Crippen LogP contribution in [0.25, 0.3) is 0 Å². The topological polar surface area (TPSA) is 86.3 Å². The zero-order valence-electron chi connectivity index (χ0n) is 8.93. The van der Waals surface area contributed by atoms with Crippen molar-refractivity contribution >= 4 is 5.97 Å². The summed E-state index contributed by atoms with van der Waals surface area (Å²) in [5, 5.41) is 6.41. The van der Waals surface area contributed by atoms with E-state index in [4.69, 9.17) is 14.2 Å². The average molecular weight is 227 g/mol. The van der Waals surface area contributed by atoms with Gasteiger partial charge in [0.15, 0.2) is 5.82 Å². The molecule has 2 rings (SSSR count). The molecule has 0 saturated carbocycles. The number of carbonyl (C=O) groups is 1. The fourth-order valence-corrected chi connectivity index (χ4v) is 1.35. The fraction of sp³-hybridized carbons (Fsp3) is 0.667. The lowest BCUT2D eigenvalue weighted by Gasteiger charge is -2.20.